The lowest BCUT2D eigenvalue weighted by atomic mass is 10.2. The van der Waals surface area contributed by atoms with Crippen LogP contribution >= 0.6 is 11.6 Å². The number of rotatable bonds is 5. The monoisotopic (exact) mass is 406 g/mol. The number of hydrogen-bond acceptors (Lipinski definition) is 4. The van der Waals surface area contributed by atoms with Crippen LogP contribution < -0.4 is 5.56 Å². The van der Waals surface area contributed by atoms with E-state index in [0.717, 1.165) is 22.8 Å². The van der Waals surface area contributed by atoms with Gasteiger partial charge in [0.05, 0.1) is 21.5 Å². The van der Waals surface area contributed by atoms with E-state index in [0.29, 0.717) is 23.6 Å². The standard InChI is InChI=1S/C21H15ClN4O3/c22-10-3-11-24-18-5-2-1-4-17(18)20-19(24)12-14(13-23)21(27)25(20)15-6-8-16(9-7-15)26(28)29/h1-2,4-9,12H,3,10-11H2. The zero-order valence-electron chi connectivity index (χ0n) is 15.2. The smallest absolute Gasteiger partial charge is 0.273 e. The third-order valence-corrected chi connectivity index (χ3v) is 5.14. The highest BCUT2D eigenvalue weighted by Crippen LogP contribution is 2.31. The molecule has 2 aromatic carbocycles. The molecule has 0 fully saturated rings. The molecule has 0 N–H and O–H groups in total. The van der Waals surface area contributed by atoms with Gasteiger partial charge in [-0.2, -0.15) is 5.26 Å². The van der Waals surface area contributed by atoms with Crippen LogP contribution in [0.4, 0.5) is 5.69 Å². The SMILES string of the molecule is N#Cc1cc2c(c3ccccc3n2CCCCl)n(-c2ccc([N+](=O)[O-])cc2)c1=O. The first-order valence-corrected chi connectivity index (χ1v) is 9.48. The summed E-state index contributed by atoms with van der Waals surface area (Å²) in [5, 5.41) is 21.4. The molecule has 0 radical (unpaired) electrons. The summed E-state index contributed by atoms with van der Waals surface area (Å²) in [6, 6.07) is 17.0. The fourth-order valence-electron chi connectivity index (χ4n) is 3.62. The van der Waals surface area contributed by atoms with Gasteiger partial charge in [0.1, 0.15) is 11.6 Å². The fourth-order valence-corrected chi connectivity index (χ4v) is 3.73. The third-order valence-electron chi connectivity index (χ3n) is 4.88. The molecule has 0 aliphatic heterocycles. The first kappa shape index (κ1) is 18.7. The number of halogens is 1. The van der Waals surface area contributed by atoms with Gasteiger partial charge in [0, 0.05) is 35.6 Å². The number of hydrogen-bond donors (Lipinski definition) is 0. The van der Waals surface area contributed by atoms with Crippen LogP contribution in [0.1, 0.15) is 12.0 Å². The maximum Gasteiger partial charge on any atom is 0.273 e. The van der Waals surface area contributed by atoms with Crippen molar-refractivity contribution < 1.29 is 4.92 Å². The van der Waals surface area contributed by atoms with Gasteiger partial charge in [-0.25, -0.2) is 0 Å². The summed E-state index contributed by atoms with van der Waals surface area (Å²) in [6.45, 7) is 0.636. The van der Waals surface area contributed by atoms with Crippen molar-refractivity contribution in [2.75, 3.05) is 5.88 Å². The Morgan fingerprint density at radius 1 is 1.10 bits per heavy atom. The number of fused-ring (bicyclic) bond motifs is 3. The summed E-state index contributed by atoms with van der Waals surface area (Å²) in [7, 11) is 0. The Hall–Kier alpha value is -3.63. The van der Waals surface area contributed by atoms with Crippen LogP contribution in [0.5, 0.6) is 0 Å². The van der Waals surface area contributed by atoms with Gasteiger partial charge >= 0.3 is 0 Å². The normalized spacial score (nSPS) is 11.0. The van der Waals surface area contributed by atoms with E-state index in [9.17, 15) is 20.2 Å². The lowest BCUT2D eigenvalue weighted by molar-refractivity contribution is -0.384. The average molecular weight is 407 g/mol. The number of nitrogens with zero attached hydrogens (tertiary/aromatic N) is 4. The molecule has 7 nitrogen and oxygen atoms in total. The van der Waals surface area contributed by atoms with Crippen molar-refractivity contribution >= 4 is 39.2 Å². The summed E-state index contributed by atoms with van der Waals surface area (Å²) in [5.74, 6) is 0.487. The van der Waals surface area contributed by atoms with Crippen LogP contribution in [0.25, 0.3) is 27.6 Å². The molecule has 0 aliphatic rings. The van der Waals surface area contributed by atoms with Crippen LogP contribution in [0.15, 0.2) is 59.4 Å². The number of aryl methyl sites for hydroxylation is 1. The summed E-state index contributed by atoms with van der Waals surface area (Å²) < 4.78 is 3.51. The molecule has 8 heteroatoms. The molecular formula is C21H15ClN4O3. The van der Waals surface area contributed by atoms with Crippen molar-refractivity contribution in [1.29, 1.82) is 5.26 Å². The zero-order chi connectivity index (χ0) is 20.5. The Morgan fingerprint density at radius 2 is 1.83 bits per heavy atom. The van der Waals surface area contributed by atoms with Crippen LogP contribution in [0, 0.1) is 21.4 Å². The lowest BCUT2D eigenvalue weighted by Crippen LogP contribution is -2.21. The molecule has 29 heavy (non-hydrogen) atoms. The topological polar surface area (TPSA) is 93.9 Å². The second kappa shape index (κ2) is 7.41. The molecule has 2 heterocycles. The number of alkyl halides is 1. The molecule has 0 atom stereocenters. The van der Waals surface area contributed by atoms with E-state index in [1.54, 1.807) is 6.07 Å². The van der Waals surface area contributed by atoms with Gasteiger partial charge in [-0.15, -0.1) is 11.6 Å². The predicted molar refractivity (Wildman–Crippen MR) is 112 cm³/mol. The van der Waals surface area contributed by atoms with E-state index in [4.69, 9.17) is 11.6 Å². The van der Waals surface area contributed by atoms with Crippen LogP contribution in [0.2, 0.25) is 0 Å². The fraction of sp³-hybridized carbons (Fsp3) is 0.143. The van der Waals surface area contributed by atoms with Gasteiger partial charge in [0.25, 0.3) is 11.2 Å². The molecule has 0 spiro atoms. The van der Waals surface area contributed by atoms with Crippen molar-refractivity contribution in [2.24, 2.45) is 0 Å². The molecule has 0 unspecified atom stereocenters. The molecule has 0 aliphatic carbocycles. The number of benzene rings is 2. The zero-order valence-corrected chi connectivity index (χ0v) is 16.0. The molecule has 144 valence electrons. The van der Waals surface area contributed by atoms with Crippen LogP contribution in [-0.2, 0) is 6.54 Å². The quantitative estimate of drug-likeness (QED) is 0.279. The number of para-hydroxylation sites is 1. The Labute approximate surface area is 170 Å². The van der Waals surface area contributed by atoms with Crippen LogP contribution in [0.3, 0.4) is 0 Å². The van der Waals surface area contributed by atoms with Gasteiger partial charge in [-0.1, -0.05) is 18.2 Å². The van der Waals surface area contributed by atoms with Gasteiger partial charge in [0.2, 0.25) is 0 Å². The number of non-ortho nitro benzene ring substituents is 1. The van der Waals surface area contributed by atoms with Crippen molar-refractivity contribution in [3.63, 3.8) is 0 Å². The highest BCUT2D eigenvalue weighted by atomic mass is 35.5. The first-order chi connectivity index (χ1) is 14.1. The van der Waals surface area contributed by atoms with E-state index in [2.05, 4.69) is 4.57 Å². The van der Waals surface area contributed by atoms with E-state index in [-0.39, 0.29) is 11.3 Å². The average Bonchev–Trinajstić information content (AvgIpc) is 3.05. The molecule has 4 rings (SSSR count). The molecule has 0 bridgehead atoms. The van der Waals surface area contributed by atoms with Crippen molar-refractivity contribution in [3.05, 3.63) is 80.6 Å². The highest BCUT2D eigenvalue weighted by molar-refractivity contribution is 6.17. The Bertz CT molecular complexity index is 1350. The second-order valence-corrected chi connectivity index (χ2v) is 6.91. The molecule has 0 saturated heterocycles. The Kier molecular flexibility index (Phi) is 4.79. The van der Waals surface area contributed by atoms with E-state index in [1.165, 1.54) is 28.8 Å². The Morgan fingerprint density at radius 3 is 2.48 bits per heavy atom. The van der Waals surface area contributed by atoms with Gasteiger partial charge < -0.3 is 4.57 Å². The summed E-state index contributed by atoms with van der Waals surface area (Å²) >= 11 is 5.90. The molecule has 2 aromatic heterocycles. The molecule has 0 saturated carbocycles. The molecule has 4 aromatic rings. The largest absolute Gasteiger partial charge is 0.339 e. The minimum atomic E-state index is -0.494. The number of nitro groups is 1. The first-order valence-electron chi connectivity index (χ1n) is 8.94. The maximum atomic E-state index is 13.1. The summed E-state index contributed by atoms with van der Waals surface area (Å²) in [6.07, 6.45) is 0.730. The van der Waals surface area contributed by atoms with Gasteiger partial charge in [-0.05, 0) is 30.7 Å². The Balaban J connectivity index is 2.13. The number of nitro benzene ring substituents is 1. The summed E-state index contributed by atoms with van der Waals surface area (Å²) in [4.78, 5) is 23.6. The van der Waals surface area contributed by atoms with Crippen molar-refractivity contribution in [3.8, 4) is 11.8 Å². The van der Waals surface area contributed by atoms with Gasteiger partial charge in [0.15, 0.2) is 0 Å². The predicted octanol–water partition coefficient (Wildman–Crippen LogP) is 4.35. The van der Waals surface area contributed by atoms with E-state index in [1.807, 2.05) is 30.3 Å². The van der Waals surface area contributed by atoms with Gasteiger partial charge in [-0.3, -0.25) is 19.5 Å². The summed E-state index contributed by atoms with van der Waals surface area (Å²) in [5.41, 5.74) is 2.26. The second-order valence-electron chi connectivity index (χ2n) is 6.53. The molecular weight excluding hydrogens is 392 g/mol. The number of pyridine rings is 1. The van der Waals surface area contributed by atoms with E-state index >= 15 is 0 Å². The molecule has 0 amide bonds. The maximum absolute atomic E-state index is 13.1. The van der Waals surface area contributed by atoms with Crippen LogP contribution in [-0.4, -0.2) is 19.9 Å². The lowest BCUT2D eigenvalue weighted by Gasteiger charge is -2.11. The van der Waals surface area contributed by atoms with Crippen molar-refractivity contribution in [1.82, 2.24) is 9.13 Å². The minimum Gasteiger partial charge on any atom is -0.339 e. The number of aromatic nitrogens is 2. The third kappa shape index (κ3) is 3.04. The highest BCUT2D eigenvalue weighted by Gasteiger charge is 2.19. The number of nitriles is 1. The van der Waals surface area contributed by atoms with E-state index < -0.39 is 10.5 Å². The minimum absolute atomic E-state index is 0.00535. The van der Waals surface area contributed by atoms with Crippen molar-refractivity contribution in [2.45, 2.75) is 13.0 Å².